The highest BCUT2D eigenvalue weighted by molar-refractivity contribution is 8.02. The number of hydrogen-bond donors (Lipinski definition) is 0. The van der Waals surface area contributed by atoms with E-state index in [4.69, 9.17) is 9.47 Å². The maximum absolute atomic E-state index is 11.3. The fourth-order valence-electron chi connectivity index (χ4n) is 2.65. The topological polar surface area (TPSA) is 61.3 Å². The second kappa shape index (κ2) is 15.5. The lowest BCUT2D eigenvalue weighted by atomic mass is 10.2. The minimum atomic E-state index is -0.130. The highest BCUT2D eigenvalue weighted by atomic mass is 32.2. The molecule has 0 aliphatic rings. The van der Waals surface area contributed by atoms with Crippen LogP contribution in [0.15, 0.2) is 32.9 Å². The lowest BCUT2D eigenvalue weighted by Gasteiger charge is -2.07. The lowest BCUT2D eigenvalue weighted by Crippen LogP contribution is -2.03. The average molecular weight is 469 g/mol. The van der Waals surface area contributed by atoms with E-state index in [9.17, 15) is 4.79 Å². The Bertz CT molecular complexity index is 723. The molecule has 30 heavy (non-hydrogen) atoms. The van der Waals surface area contributed by atoms with Gasteiger partial charge in [-0.3, -0.25) is 4.79 Å². The van der Waals surface area contributed by atoms with E-state index >= 15 is 0 Å². The van der Waals surface area contributed by atoms with Crippen molar-refractivity contribution in [1.82, 2.24) is 10.2 Å². The summed E-state index contributed by atoms with van der Waals surface area (Å²) >= 11 is 4.95. The molecule has 1 heterocycles. The van der Waals surface area contributed by atoms with Crippen molar-refractivity contribution in [3.63, 3.8) is 0 Å². The molecular weight excluding hydrogens is 436 g/mol. The molecule has 0 aliphatic heterocycles. The third-order valence-corrected chi connectivity index (χ3v) is 7.59. The van der Waals surface area contributed by atoms with E-state index in [2.05, 4.69) is 29.3 Å². The van der Waals surface area contributed by atoms with Crippen LogP contribution >= 0.6 is 34.9 Å². The average Bonchev–Trinajstić information content (AvgIpc) is 3.21. The van der Waals surface area contributed by atoms with Crippen LogP contribution in [0, 0.1) is 0 Å². The molecule has 0 spiro atoms. The van der Waals surface area contributed by atoms with Gasteiger partial charge in [0.05, 0.1) is 13.2 Å². The summed E-state index contributed by atoms with van der Waals surface area (Å²) in [6.07, 6.45) is 7.51. The van der Waals surface area contributed by atoms with Crippen molar-refractivity contribution in [2.45, 2.75) is 73.2 Å². The summed E-state index contributed by atoms with van der Waals surface area (Å²) in [6, 6.07) is 8.33. The number of rotatable bonds is 16. The minimum absolute atomic E-state index is 0.130. The summed E-state index contributed by atoms with van der Waals surface area (Å²) in [5.74, 6) is 2.52. The first-order valence-corrected chi connectivity index (χ1v) is 13.5. The number of carbonyl (C=O) groups is 1. The van der Waals surface area contributed by atoms with E-state index in [-0.39, 0.29) is 5.97 Å². The van der Waals surface area contributed by atoms with Gasteiger partial charge in [0, 0.05) is 17.9 Å². The lowest BCUT2D eigenvalue weighted by molar-refractivity contribution is -0.143. The molecule has 2 aromatic rings. The van der Waals surface area contributed by atoms with Gasteiger partial charge in [0.25, 0.3) is 0 Å². The Hall–Kier alpha value is -1.25. The van der Waals surface area contributed by atoms with E-state index < -0.39 is 0 Å². The number of thioether (sulfide) groups is 2. The quantitative estimate of drug-likeness (QED) is 0.156. The van der Waals surface area contributed by atoms with E-state index in [0.717, 1.165) is 45.4 Å². The maximum Gasteiger partial charge on any atom is 0.305 e. The monoisotopic (exact) mass is 468 g/mol. The summed E-state index contributed by atoms with van der Waals surface area (Å²) in [4.78, 5) is 11.3. The van der Waals surface area contributed by atoms with Crippen LogP contribution < -0.4 is 4.74 Å². The molecule has 0 bridgehead atoms. The van der Waals surface area contributed by atoms with Crippen LogP contribution in [0.2, 0.25) is 0 Å². The largest absolute Gasteiger partial charge is 0.494 e. The van der Waals surface area contributed by atoms with Gasteiger partial charge in [0.1, 0.15) is 5.75 Å². The van der Waals surface area contributed by atoms with E-state index in [1.165, 1.54) is 31.2 Å². The van der Waals surface area contributed by atoms with Gasteiger partial charge in [0.15, 0.2) is 8.68 Å². The number of hydrogen-bond acceptors (Lipinski definition) is 8. The van der Waals surface area contributed by atoms with Crippen molar-refractivity contribution in [2.24, 2.45) is 0 Å². The Labute approximate surface area is 192 Å². The number of carbonyl (C=O) groups excluding carboxylic acids is 1. The van der Waals surface area contributed by atoms with Crippen molar-refractivity contribution in [1.29, 1.82) is 0 Å². The van der Waals surface area contributed by atoms with E-state index in [1.54, 1.807) is 34.9 Å². The maximum atomic E-state index is 11.3. The molecule has 0 fully saturated rings. The van der Waals surface area contributed by atoms with Crippen LogP contribution in [0.5, 0.6) is 5.75 Å². The fraction of sp³-hybridized carbons (Fsp3) is 0.591. The molecule has 2 rings (SSSR count). The molecule has 0 N–H and O–H groups in total. The van der Waals surface area contributed by atoms with Gasteiger partial charge in [-0.15, -0.1) is 10.2 Å². The molecule has 166 valence electrons. The van der Waals surface area contributed by atoms with Crippen molar-refractivity contribution >= 4 is 40.8 Å². The van der Waals surface area contributed by atoms with Gasteiger partial charge in [0.2, 0.25) is 0 Å². The number of unbranched alkanes of at least 4 members (excludes halogenated alkanes) is 4. The second-order valence-electron chi connectivity index (χ2n) is 6.79. The van der Waals surface area contributed by atoms with Gasteiger partial charge in [-0.05, 0) is 37.5 Å². The van der Waals surface area contributed by atoms with Crippen molar-refractivity contribution < 1.29 is 14.3 Å². The standard InChI is InChI=1S/C22H32N2O3S3/c1-3-5-6-7-8-15-27-19-13-11-18(12-14-19)17-29-22-24-23-21(30-22)28-16-9-10-20(25)26-4-2/h11-14H,3-10,15-17H2,1-2H3. The molecule has 1 aromatic carbocycles. The molecule has 0 saturated heterocycles. The predicted octanol–water partition coefficient (Wildman–Crippen LogP) is 6.62. The number of benzene rings is 1. The first-order valence-electron chi connectivity index (χ1n) is 10.7. The molecule has 0 aliphatic carbocycles. The Morgan fingerprint density at radius 2 is 1.70 bits per heavy atom. The summed E-state index contributed by atoms with van der Waals surface area (Å²) in [6.45, 7) is 5.29. The van der Waals surface area contributed by atoms with Crippen LogP contribution in [0.1, 0.15) is 64.4 Å². The summed E-state index contributed by atoms with van der Waals surface area (Å²) in [5, 5.41) is 8.49. The number of aromatic nitrogens is 2. The molecule has 5 nitrogen and oxygen atoms in total. The Morgan fingerprint density at radius 1 is 0.967 bits per heavy atom. The van der Waals surface area contributed by atoms with Gasteiger partial charge in [-0.2, -0.15) is 0 Å². The van der Waals surface area contributed by atoms with Crippen LogP contribution in [-0.4, -0.2) is 35.1 Å². The highest BCUT2D eigenvalue weighted by Crippen LogP contribution is 2.31. The first kappa shape index (κ1) is 25.0. The summed E-state index contributed by atoms with van der Waals surface area (Å²) in [5.41, 5.74) is 1.24. The molecule has 0 saturated carbocycles. The number of ether oxygens (including phenoxy) is 2. The fourth-order valence-corrected chi connectivity index (χ4v) is 5.63. The summed E-state index contributed by atoms with van der Waals surface area (Å²) < 4.78 is 12.7. The third kappa shape index (κ3) is 10.7. The van der Waals surface area contributed by atoms with Crippen LogP contribution in [0.3, 0.4) is 0 Å². The smallest absolute Gasteiger partial charge is 0.305 e. The molecule has 0 unspecified atom stereocenters. The normalized spacial score (nSPS) is 10.9. The van der Waals surface area contributed by atoms with Crippen LogP contribution in [0.4, 0.5) is 0 Å². The zero-order valence-electron chi connectivity index (χ0n) is 17.9. The van der Waals surface area contributed by atoms with Gasteiger partial charge in [-0.1, -0.05) is 79.6 Å². The Kier molecular flexibility index (Phi) is 13.0. The molecule has 0 atom stereocenters. The third-order valence-electron chi connectivity index (χ3n) is 4.25. The Morgan fingerprint density at radius 3 is 2.43 bits per heavy atom. The zero-order valence-corrected chi connectivity index (χ0v) is 20.4. The molecule has 1 aromatic heterocycles. The molecule has 0 radical (unpaired) electrons. The van der Waals surface area contributed by atoms with Crippen molar-refractivity contribution in [3.8, 4) is 5.75 Å². The van der Waals surface area contributed by atoms with Gasteiger partial charge >= 0.3 is 5.97 Å². The van der Waals surface area contributed by atoms with Crippen molar-refractivity contribution in [3.05, 3.63) is 29.8 Å². The van der Waals surface area contributed by atoms with Crippen molar-refractivity contribution in [2.75, 3.05) is 19.0 Å². The highest BCUT2D eigenvalue weighted by Gasteiger charge is 2.07. The SMILES string of the molecule is CCCCCCCOc1ccc(CSc2nnc(SCCCC(=O)OCC)s2)cc1. The molecular formula is C22H32N2O3S3. The predicted molar refractivity (Wildman–Crippen MR) is 127 cm³/mol. The molecule has 0 amide bonds. The van der Waals surface area contributed by atoms with E-state index in [0.29, 0.717) is 13.0 Å². The van der Waals surface area contributed by atoms with Crippen LogP contribution in [0.25, 0.3) is 0 Å². The zero-order chi connectivity index (χ0) is 21.4. The number of nitrogens with zero attached hydrogens (tertiary/aromatic N) is 2. The molecule has 8 heteroatoms. The van der Waals surface area contributed by atoms with Crippen LogP contribution in [-0.2, 0) is 15.3 Å². The second-order valence-corrected chi connectivity index (χ2v) is 10.3. The minimum Gasteiger partial charge on any atom is -0.494 e. The number of esters is 1. The Balaban J connectivity index is 1.62. The van der Waals surface area contributed by atoms with Gasteiger partial charge < -0.3 is 9.47 Å². The van der Waals surface area contributed by atoms with Gasteiger partial charge in [-0.25, -0.2) is 0 Å². The van der Waals surface area contributed by atoms with E-state index in [1.807, 2.05) is 19.1 Å². The summed E-state index contributed by atoms with van der Waals surface area (Å²) in [7, 11) is 0. The first-order chi connectivity index (χ1) is 14.7.